The Morgan fingerprint density at radius 2 is 2.00 bits per heavy atom. The van der Waals surface area contributed by atoms with Crippen LogP contribution in [0.4, 0.5) is 4.39 Å². The lowest BCUT2D eigenvalue weighted by atomic mass is 10.1. The molecule has 0 amide bonds. The van der Waals surface area contributed by atoms with Crippen molar-refractivity contribution in [1.82, 2.24) is 0 Å². The van der Waals surface area contributed by atoms with Crippen LogP contribution < -0.4 is 10.5 Å². The predicted molar refractivity (Wildman–Crippen MR) is 75.4 cm³/mol. The molecule has 100 valence electrons. The molecule has 0 aliphatic carbocycles. The van der Waals surface area contributed by atoms with Gasteiger partial charge >= 0.3 is 0 Å². The summed E-state index contributed by atoms with van der Waals surface area (Å²) in [7, 11) is 0. The molecule has 0 saturated carbocycles. The number of halogens is 2. The Hall–Kier alpha value is -1.58. The summed E-state index contributed by atoms with van der Waals surface area (Å²) >= 11 is 6.14. The first-order chi connectivity index (χ1) is 9.10. The van der Waals surface area contributed by atoms with Gasteiger partial charge in [0.25, 0.3) is 0 Å². The molecule has 0 fully saturated rings. The lowest BCUT2D eigenvalue weighted by Gasteiger charge is -2.10. The fourth-order valence-electron chi connectivity index (χ4n) is 1.76. The van der Waals surface area contributed by atoms with E-state index < -0.39 is 0 Å². The highest BCUT2D eigenvalue weighted by Gasteiger charge is 2.06. The van der Waals surface area contributed by atoms with Crippen LogP contribution in [0.5, 0.6) is 11.5 Å². The summed E-state index contributed by atoms with van der Waals surface area (Å²) in [5, 5.41) is 0.608. The molecular weight excluding hydrogens is 265 g/mol. The van der Waals surface area contributed by atoms with Crippen molar-refractivity contribution in [3.05, 3.63) is 58.4 Å². The van der Waals surface area contributed by atoms with Gasteiger partial charge in [0.15, 0.2) is 0 Å². The maximum absolute atomic E-state index is 13.2. The van der Waals surface area contributed by atoms with Crippen LogP contribution in [0, 0.1) is 12.7 Å². The van der Waals surface area contributed by atoms with Crippen molar-refractivity contribution in [2.75, 3.05) is 6.54 Å². The van der Waals surface area contributed by atoms with Crippen LogP contribution >= 0.6 is 11.6 Å². The minimum atomic E-state index is -0.327. The van der Waals surface area contributed by atoms with Crippen molar-refractivity contribution in [1.29, 1.82) is 0 Å². The summed E-state index contributed by atoms with van der Waals surface area (Å²) in [6.45, 7) is 2.40. The second kappa shape index (κ2) is 6.04. The highest BCUT2D eigenvalue weighted by atomic mass is 35.5. The number of ether oxygens (including phenoxy) is 1. The molecule has 2 nitrogen and oxygen atoms in total. The van der Waals surface area contributed by atoms with E-state index in [0.29, 0.717) is 23.1 Å². The quantitative estimate of drug-likeness (QED) is 0.915. The van der Waals surface area contributed by atoms with E-state index in [1.165, 1.54) is 12.1 Å². The number of nitrogens with two attached hydrogens (primary N) is 1. The lowest BCUT2D eigenvalue weighted by Crippen LogP contribution is -2.03. The van der Waals surface area contributed by atoms with Gasteiger partial charge in [0, 0.05) is 11.1 Å². The average molecular weight is 280 g/mol. The first-order valence-electron chi connectivity index (χ1n) is 6.02. The number of benzene rings is 2. The molecule has 0 bridgehead atoms. The van der Waals surface area contributed by atoms with E-state index in [2.05, 4.69) is 0 Å². The second-order valence-corrected chi connectivity index (χ2v) is 4.71. The summed E-state index contributed by atoms with van der Waals surface area (Å²) in [6.07, 6.45) is 0.720. The Balaban J connectivity index is 2.24. The van der Waals surface area contributed by atoms with Gasteiger partial charge in [-0.25, -0.2) is 4.39 Å². The number of aryl methyl sites for hydroxylation is 1. The van der Waals surface area contributed by atoms with Gasteiger partial charge in [0.2, 0.25) is 0 Å². The number of hydrogen-bond acceptors (Lipinski definition) is 2. The third-order valence-corrected chi connectivity index (χ3v) is 3.17. The fraction of sp³-hybridized carbons (Fsp3) is 0.200. The van der Waals surface area contributed by atoms with Crippen LogP contribution in [0.2, 0.25) is 5.02 Å². The largest absolute Gasteiger partial charge is 0.457 e. The van der Waals surface area contributed by atoms with Crippen LogP contribution in [0.25, 0.3) is 0 Å². The maximum atomic E-state index is 13.2. The summed E-state index contributed by atoms with van der Waals surface area (Å²) in [6, 6.07) is 9.84. The molecule has 19 heavy (non-hydrogen) atoms. The SMILES string of the molecule is Cc1ccc(F)cc1Oc1ccc(CCN)c(Cl)c1. The van der Waals surface area contributed by atoms with Crippen molar-refractivity contribution in [3.63, 3.8) is 0 Å². The molecule has 0 spiro atoms. The Morgan fingerprint density at radius 1 is 1.21 bits per heavy atom. The van der Waals surface area contributed by atoms with E-state index in [1.807, 2.05) is 13.0 Å². The van der Waals surface area contributed by atoms with Crippen molar-refractivity contribution < 1.29 is 9.13 Å². The van der Waals surface area contributed by atoms with E-state index >= 15 is 0 Å². The average Bonchev–Trinajstić information content (AvgIpc) is 2.37. The molecule has 2 aromatic carbocycles. The Morgan fingerprint density at radius 3 is 2.68 bits per heavy atom. The van der Waals surface area contributed by atoms with Gasteiger partial charge in [-0.3, -0.25) is 0 Å². The van der Waals surface area contributed by atoms with Gasteiger partial charge in [0.1, 0.15) is 17.3 Å². The molecule has 0 aromatic heterocycles. The number of hydrogen-bond donors (Lipinski definition) is 1. The van der Waals surface area contributed by atoms with Gasteiger partial charge in [-0.15, -0.1) is 0 Å². The van der Waals surface area contributed by atoms with Crippen LogP contribution in [0.15, 0.2) is 36.4 Å². The second-order valence-electron chi connectivity index (χ2n) is 4.30. The normalized spacial score (nSPS) is 10.5. The smallest absolute Gasteiger partial charge is 0.133 e. The van der Waals surface area contributed by atoms with Crippen molar-refractivity contribution in [2.24, 2.45) is 5.73 Å². The number of rotatable bonds is 4. The van der Waals surface area contributed by atoms with Gasteiger partial charge in [-0.2, -0.15) is 0 Å². The van der Waals surface area contributed by atoms with Gasteiger partial charge in [-0.1, -0.05) is 23.7 Å². The minimum absolute atomic E-state index is 0.327. The van der Waals surface area contributed by atoms with Crippen LogP contribution in [0.1, 0.15) is 11.1 Å². The first-order valence-corrected chi connectivity index (χ1v) is 6.40. The third kappa shape index (κ3) is 3.46. The van der Waals surface area contributed by atoms with Crippen LogP contribution in [-0.2, 0) is 6.42 Å². The van der Waals surface area contributed by atoms with E-state index in [0.717, 1.165) is 17.5 Å². The maximum Gasteiger partial charge on any atom is 0.133 e. The first kappa shape index (κ1) is 13.8. The highest BCUT2D eigenvalue weighted by Crippen LogP contribution is 2.29. The molecule has 2 aromatic rings. The Kier molecular flexibility index (Phi) is 4.40. The summed E-state index contributed by atoms with van der Waals surface area (Å²) in [5.41, 5.74) is 7.34. The van der Waals surface area contributed by atoms with Gasteiger partial charge < -0.3 is 10.5 Å². The van der Waals surface area contributed by atoms with E-state index in [4.69, 9.17) is 22.1 Å². The summed E-state index contributed by atoms with van der Waals surface area (Å²) < 4.78 is 18.8. The van der Waals surface area contributed by atoms with Gasteiger partial charge in [0.05, 0.1) is 0 Å². The standard InChI is InChI=1S/C15H15ClFNO/c1-10-2-4-12(17)8-15(10)19-13-5-3-11(6-7-18)14(16)9-13/h2-5,8-9H,6-7,18H2,1H3. The molecule has 0 atom stereocenters. The summed E-state index contributed by atoms with van der Waals surface area (Å²) in [5.74, 6) is 0.744. The molecule has 2 N–H and O–H groups in total. The zero-order chi connectivity index (χ0) is 13.8. The molecule has 0 saturated heterocycles. The highest BCUT2D eigenvalue weighted by molar-refractivity contribution is 6.31. The molecule has 0 heterocycles. The summed E-state index contributed by atoms with van der Waals surface area (Å²) in [4.78, 5) is 0. The zero-order valence-corrected chi connectivity index (χ0v) is 11.4. The molecular formula is C15H15ClFNO. The fourth-order valence-corrected chi connectivity index (χ4v) is 2.03. The predicted octanol–water partition coefficient (Wildman–Crippen LogP) is 4.08. The molecule has 2 rings (SSSR count). The lowest BCUT2D eigenvalue weighted by molar-refractivity contribution is 0.473. The van der Waals surface area contributed by atoms with Crippen molar-refractivity contribution in [2.45, 2.75) is 13.3 Å². The van der Waals surface area contributed by atoms with Crippen molar-refractivity contribution >= 4 is 11.6 Å². The zero-order valence-electron chi connectivity index (χ0n) is 10.6. The third-order valence-electron chi connectivity index (χ3n) is 2.82. The van der Waals surface area contributed by atoms with Gasteiger partial charge in [-0.05, 0) is 49.2 Å². The Bertz CT molecular complexity index is 586. The van der Waals surface area contributed by atoms with E-state index in [-0.39, 0.29) is 5.82 Å². The monoisotopic (exact) mass is 279 g/mol. The molecule has 0 unspecified atom stereocenters. The molecule has 0 aliphatic rings. The molecule has 0 radical (unpaired) electrons. The van der Waals surface area contributed by atoms with E-state index in [9.17, 15) is 4.39 Å². The Labute approximate surface area is 117 Å². The minimum Gasteiger partial charge on any atom is -0.457 e. The topological polar surface area (TPSA) is 35.2 Å². The molecule has 4 heteroatoms. The van der Waals surface area contributed by atoms with Crippen molar-refractivity contribution in [3.8, 4) is 11.5 Å². The molecule has 0 aliphatic heterocycles. The van der Waals surface area contributed by atoms with Crippen LogP contribution in [-0.4, -0.2) is 6.54 Å². The van der Waals surface area contributed by atoms with Crippen LogP contribution in [0.3, 0.4) is 0 Å². The van der Waals surface area contributed by atoms with E-state index in [1.54, 1.807) is 18.2 Å².